The lowest BCUT2D eigenvalue weighted by atomic mass is 9.74. The first-order valence-electron chi connectivity index (χ1n) is 7.04. The Morgan fingerprint density at radius 3 is 2.83 bits per heavy atom. The molecule has 0 saturated heterocycles. The summed E-state index contributed by atoms with van der Waals surface area (Å²) in [6, 6.07) is 2.79. The molecule has 1 aliphatic rings. The number of thiophene rings is 1. The average molecular weight is 330 g/mol. The topological polar surface area (TPSA) is 12.0 Å². The molecular weight excluding hydrogens is 306 g/mol. The quantitative estimate of drug-likeness (QED) is 0.816. The maximum absolute atomic E-state index is 3.72. The molecule has 0 aromatic carbocycles. The van der Waals surface area contributed by atoms with Gasteiger partial charge in [-0.05, 0) is 64.5 Å². The van der Waals surface area contributed by atoms with Crippen LogP contribution in [-0.2, 0) is 0 Å². The molecule has 0 bridgehead atoms. The van der Waals surface area contributed by atoms with Crippen LogP contribution in [0.1, 0.15) is 50.8 Å². The Kier molecular flexibility index (Phi) is 5.28. The van der Waals surface area contributed by atoms with Crippen LogP contribution in [-0.4, -0.2) is 12.6 Å². The Hall–Kier alpha value is 0.140. The van der Waals surface area contributed by atoms with Gasteiger partial charge in [0.2, 0.25) is 0 Å². The molecule has 0 spiro atoms. The smallest absolute Gasteiger partial charge is 0.0317 e. The van der Waals surface area contributed by atoms with Crippen LogP contribution >= 0.6 is 27.3 Å². The standard InChI is InChI=1S/C15H24BrNS/c1-10(2)17-9-12-5-4-11(3)8-13(12)15-14(16)6-7-18-15/h6-7,10-13,17H,4-5,8-9H2,1-3H3. The second kappa shape index (κ2) is 6.53. The van der Waals surface area contributed by atoms with E-state index in [4.69, 9.17) is 0 Å². The molecule has 2 rings (SSSR count). The molecule has 3 atom stereocenters. The van der Waals surface area contributed by atoms with Gasteiger partial charge in [0.15, 0.2) is 0 Å². The molecule has 0 radical (unpaired) electrons. The van der Waals surface area contributed by atoms with Crippen molar-refractivity contribution >= 4 is 27.3 Å². The summed E-state index contributed by atoms with van der Waals surface area (Å²) in [6.45, 7) is 8.04. The van der Waals surface area contributed by atoms with Crippen LogP contribution in [0.3, 0.4) is 0 Å². The molecule has 1 aromatic heterocycles. The van der Waals surface area contributed by atoms with Gasteiger partial charge in [-0.15, -0.1) is 11.3 Å². The van der Waals surface area contributed by atoms with Crippen LogP contribution in [0.2, 0.25) is 0 Å². The van der Waals surface area contributed by atoms with Crippen LogP contribution in [0.4, 0.5) is 0 Å². The largest absolute Gasteiger partial charge is 0.314 e. The van der Waals surface area contributed by atoms with E-state index in [1.807, 2.05) is 11.3 Å². The Balaban J connectivity index is 2.09. The lowest BCUT2D eigenvalue weighted by Gasteiger charge is -2.35. The molecule has 1 aromatic rings. The summed E-state index contributed by atoms with van der Waals surface area (Å²) in [5, 5.41) is 5.84. The fourth-order valence-electron chi connectivity index (χ4n) is 2.97. The van der Waals surface area contributed by atoms with Crippen molar-refractivity contribution in [2.24, 2.45) is 11.8 Å². The van der Waals surface area contributed by atoms with Crippen LogP contribution < -0.4 is 5.32 Å². The molecule has 3 unspecified atom stereocenters. The first-order valence-corrected chi connectivity index (χ1v) is 8.71. The summed E-state index contributed by atoms with van der Waals surface area (Å²) in [6.07, 6.45) is 4.11. The van der Waals surface area contributed by atoms with Gasteiger partial charge in [-0.3, -0.25) is 0 Å². The van der Waals surface area contributed by atoms with Gasteiger partial charge in [0, 0.05) is 15.4 Å². The number of hydrogen-bond acceptors (Lipinski definition) is 2. The molecule has 1 aliphatic carbocycles. The van der Waals surface area contributed by atoms with Gasteiger partial charge in [-0.25, -0.2) is 0 Å². The van der Waals surface area contributed by atoms with Crippen molar-refractivity contribution in [3.8, 4) is 0 Å². The highest BCUT2D eigenvalue weighted by Gasteiger charge is 2.31. The number of halogens is 1. The first-order chi connectivity index (χ1) is 8.58. The molecule has 1 N–H and O–H groups in total. The Bertz CT molecular complexity index is 374. The lowest BCUT2D eigenvalue weighted by Crippen LogP contribution is -2.34. The number of hydrogen-bond donors (Lipinski definition) is 1. The van der Waals surface area contributed by atoms with E-state index in [0.29, 0.717) is 6.04 Å². The second-order valence-electron chi connectivity index (χ2n) is 5.98. The van der Waals surface area contributed by atoms with Crippen LogP contribution in [0.15, 0.2) is 15.9 Å². The van der Waals surface area contributed by atoms with Crippen molar-refractivity contribution in [2.75, 3.05) is 6.54 Å². The van der Waals surface area contributed by atoms with Crippen molar-refractivity contribution in [2.45, 2.75) is 52.0 Å². The highest BCUT2D eigenvalue weighted by molar-refractivity contribution is 9.10. The minimum atomic E-state index is 0.594. The molecule has 1 fully saturated rings. The second-order valence-corrected chi connectivity index (χ2v) is 7.78. The SMILES string of the molecule is CC1CCC(CNC(C)C)C(c2sccc2Br)C1. The zero-order valence-electron chi connectivity index (χ0n) is 11.6. The van der Waals surface area contributed by atoms with E-state index in [1.54, 1.807) is 4.88 Å². The first kappa shape index (κ1) is 14.5. The molecule has 1 saturated carbocycles. The van der Waals surface area contributed by atoms with Crippen molar-refractivity contribution in [1.82, 2.24) is 5.32 Å². The van der Waals surface area contributed by atoms with Gasteiger partial charge in [0.05, 0.1) is 0 Å². The molecule has 0 amide bonds. The van der Waals surface area contributed by atoms with E-state index in [2.05, 4.69) is 53.5 Å². The van der Waals surface area contributed by atoms with E-state index < -0.39 is 0 Å². The van der Waals surface area contributed by atoms with Gasteiger partial charge in [-0.1, -0.05) is 27.2 Å². The summed E-state index contributed by atoms with van der Waals surface area (Å²) < 4.78 is 1.32. The molecule has 3 heteroatoms. The minimum Gasteiger partial charge on any atom is -0.314 e. The summed E-state index contributed by atoms with van der Waals surface area (Å²) >= 11 is 5.64. The maximum atomic E-state index is 3.72. The van der Waals surface area contributed by atoms with Crippen LogP contribution in [0.25, 0.3) is 0 Å². The van der Waals surface area contributed by atoms with E-state index >= 15 is 0 Å². The summed E-state index contributed by atoms with van der Waals surface area (Å²) in [5.74, 6) is 2.42. The van der Waals surface area contributed by atoms with E-state index in [9.17, 15) is 0 Å². The predicted octanol–water partition coefficient (Wildman–Crippen LogP) is 5.03. The Morgan fingerprint density at radius 2 is 2.22 bits per heavy atom. The summed E-state index contributed by atoms with van der Waals surface area (Å²) in [5.41, 5.74) is 0. The fraction of sp³-hybridized carbons (Fsp3) is 0.733. The monoisotopic (exact) mass is 329 g/mol. The van der Waals surface area contributed by atoms with E-state index in [1.165, 1.54) is 30.3 Å². The van der Waals surface area contributed by atoms with Gasteiger partial charge in [0.1, 0.15) is 0 Å². The van der Waals surface area contributed by atoms with E-state index in [0.717, 1.165) is 17.8 Å². The number of nitrogens with one attached hydrogen (secondary N) is 1. The summed E-state index contributed by atoms with van der Waals surface area (Å²) in [7, 11) is 0. The van der Waals surface area contributed by atoms with Gasteiger partial charge in [0.25, 0.3) is 0 Å². The predicted molar refractivity (Wildman–Crippen MR) is 84.4 cm³/mol. The van der Waals surface area contributed by atoms with Crippen molar-refractivity contribution in [3.05, 3.63) is 20.8 Å². The zero-order valence-corrected chi connectivity index (χ0v) is 14.0. The van der Waals surface area contributed by atoms with E-state index in [-0.39, 0.29) is 0 Å². The van der Waals surface area contributed by atoms with Crippen molar-refractivity contribution in [1.29, 1.82) is 0 Å². The zero-order chi connectivity index (χ0) is 13.1. The highest BCUT2D eigenvalue weighted by atomic mass is 79.9. The van der Waals surface area contributed by atoms with Crippen molar-refractivity contribution in [3.63, 3.8) is 0 Å². The lowest BCUT2D eigenvalue weighted by molar-refractivity contribution is 0.240. The molecule has 18 heavy (non-hydrogen) atoms. The summed E-state index contributed by atoms with van der Waals surface area (Å²) in [4.78, 5) is 1.57. The third kappa shape index (κ3) is 3.58. The molecule has 1 heterocycles. The van der Waals surface area contributed by atoms with Gasteiger partial charge >= 0.3 is 0 Å². The average Bonchev–Trinajstić information content (AvgIpc) is 2.73. The third-order valence-corrected chi connectivity index (χ3v) is 6.03. The van der Waals surface area contributed by atoms with Crippen molar-refractivity contribution < 1.29 is 0 Å². The molecule has 102 valence electrons. The highest BCUT2D eigenvalue weighted by Crippen LogP contribution is 2.44. The van der Waals surface area contributed by atoms with Gasteiger partial charge < -0.3 is 5.32 Å². The molecule has 0 aliphatic heterocycles. The fourth-order valence-corrected chi connectivity index (χ4v) is 4.84. The third-order valence-electron chi connectivity index (χ3n) is 4.03. The Morgan fingerprint density at radius 1 is 1.44 bits per heavy atom. The maximum Gasteiger partial charge on any atom is 0.0317 e. The Labute approximate surface area is 123 Å². The molecular formula is C15H24BrNS. The minimum absolute atomic E-state index is 0.594. The normalized spacial score (nSPS) is 28.8. The number of rotatable bonds is 4. The van der Waals surface area contributed by atoms with Crippen LogP contribution in [0.5, 0.6) is 0 Å². The molecule has 1 nitrogen and oxygen atoms in total. The van der Waals surface area contributed by atoms with Gasteiger partial charge in [-0.2, -0.15) is 0 Å². The van der Waals surface area contributed by atoms with Crippen LogP contribution in [0, 0.1) is 11.8 Å².